The van der Waals surface area contributed by atoms with Crippen molar-refractivity contribution in [2.45, 2.75) is 50.8 Å². The number of pyridine rings is 1. The molecule has 2 unspecified atom stereocenters. The molecule has 2 amide bonds. The van der Waals surface area contributed by atoms with Gasteiger partial charge < -0.3 is 10.2 Å². The molecule has 2 heterocycles. The lowest BCUT2D eigenvalue weighted by Gasteiger charge is -2.32. The number of aromatic nitrogens is 1. The Hall–Kier alpha value is -1.23. The third-order valence-corrected chi connectivity index (χ3v) is 5.91. The van der Waals surface area contributed by atoms with Gasteiger partial charge in [0, 0.05) is 30.2 Å². The molecule has 0 radical (unpaired) electrons. The van der Waals surface area contributed by atoms with Crippen LogP contribution in [0.25, 0.3) is 0 Å². The fourth-order valence-electron chi connectivity index (χ4n) is 3.07. The van der Waals surface area contributed by atoms with Crippen molar-refractivity contribution in [3.63, 3.8) is 0 Å². The van der Waals surface area contributed by atoms with Crippen LogP contribution in [0, 0.1) is 0 Å². The second kappa shape index (κ2) is 7.86. The van der Waals surface area contributed by atoms with Gasteiger partial charge in [0.15, 0.2) is 0 Å². The number of hydrogen-bond donors (Lipinski definition) is 1. The zero-order chi connectivity index (χ0) is 16.0. The second-order valence-electron chi connectivity index (χ2n) is 6.05. The van der Waals surface area contributed by atoms with Crippen LogP contribution in [0.2, 0.25) is 0 Å². The van der Waals surface area contributed by atoms with E-state index < -0.39 is 0 Å². The Morgan fingerprint density at radius 1 is 1.45 bits per heavy atom. The van der Waals surface area contributed by atoms with Gasteiger partial charge in [0.25, 0.3) is 0 Å². The van der Waals surface area contributed by atoms with Crippen molar-refractivity contribution in [2.24, 2.45) is 0 Å². The molecule has 1 aliphatic rings. The van der Waals surface area contributed by atoms with Crippen LogP contribution in [-0.2, 0) is 0 Å². The maximum atomic E-state index is 12.6. The van der Waals surface area contributed by atoms with Crippen LogP contribution in [-0.4, -0.2) is 39.5 Å². The van der Waals surface area contributed by atoms with Gasteiger partial charge >= 0.3 is 6.03 Å². The van der Waals surface area contributed by atoms with E-state index in [0.29, 0.717) is 6.54 Å². The minimum Gasteiger partial charge on any atom is -0.337 e. The van der Waals surface area contributed by atoms with Crippen LogP contribution in [0.15, 0.2) is 24.5 Å². The Kier molecular flexibility index (Phi) is 6.12. The number of urea groups is 1. The number of rotatable bonds is 6. The maximum Gasteiger partial charge on any atom is 0.317 e. The molecule has 2 atom stereocenters. The molecular weight excluding hydrogens is 294 g/mol. The topological polar surface area (TPSA) is 45.2 Å². The summed E-state index contributed by atoms with van der Waals surface area (Å²) < 4.78 is 0.202. The third-order valence-electron chi connectivity index (χ3n) is 4.37. The molecule has 0 spiro atoms. The van der Waals surface area contributed by atoms with Crippen LogP contribution in [0.3, 0.4) is 0 Å². The van der Waals surface area contributed by atoms with Gasteiger partial charge in [-0.2, -0.15) is 11.8 Å². The van der Waals surface area contributed by atoms with Crippen LogP contribution >= 0.6 is 11.8 Å². The Morgan fingerprint density at radius 3 is 2.73 bits per heavy atom. The Bertz CT molecular complexity index is 474. The molecule has 0 saturated carbocycles. The summed E-state index contributed by atoms with van der Waals surface area (Å²) in [7, 11) is 0. The lowest BCUT2D eigenvalue weighted by molar-refractivity contribution is 0.175. The van der Waals surface area contributed by atoms with Crippen molar-refractivity contribution in [1.29, 1.82) is 0 Å². The normalized spacial score (nSPS) is 22.3. The van der Waals surface area contributed by atoms with Crippen LogP contribution in [0.5, 0.6) is 0 Å². The molecule has 4 nitrogen and oxygen atoms in total. The minimum atomic E-state index is 0.0416. The third kappa shape index (κ3) is 4.15. The molecule has 1 fully saturated rings. The molecule has 1 aromatic rings. The summed E-state index contributed by atoms with van der Waals surface area (Å²) >= 11 is 1.98. The molecule has 1 saturated heterocycles. The summed E-state index contributed by atoms with van der Waals surface area (Å²) in [6, 6.07) is 4.15. The fourth-order valence-corrected chi connectivity index (χ4v) is 4.31. The minimum absolute atomic E-state index is 0.0416. The Labute approximate surface area is 138 Å². The highest BCUT2D eigenvalue weighted by Gasteiger charge is 2.31. The predicted octanol–water partition coefficient (Wildman–Crippen LogP) is 3.85. The van der Waals surface area contributed by atoms with Gasteiger partial charge in [-0.05, 0) is 56.6 Å². The molecule has 5 heteroatoms. The fraction of sp³-hybridized carbons (Fsp3) is 0.647. The predicted molar refractivity (Wildman–Crippen MR) is 93.1 cm³/mol. The highest BCUT2D eigenvalue weighted by atomic mass is 32.2. The molecule has 1 aliphatic heterocycles. The molecule has 1 N–H and O–H groups in total. The standard InChI is InChI=1S/C17H27N3OS/c1-4-15(14-7-10-18-11-8-14)20(5-2)16(21)19-13-17(3)9-6-12-22-17/h7-8,10-11,15H,4-6,9,12-13H2,1-3H3,(H,19,21). The van der Waals surface area contributed by atoms with Crippen molar-refractivity contribution in [2.75, 3.05) is 18.8 Å². The molecular formula is C17H27N3OS. The Balaban J connectivity index is 2.01. The van der Waals surface area contributed by atoms with Crippen molar-refractivity contribution < 1.29 is 4.79 Å². The van der Waals surface area contributed by atoms with Crippen LogP contribution < -0.4 is 5.32 Å². The lowest BCUT2D eigenvalue weighted by Crippen LogP contribution is -2.46. The monoisotopic (exact) mass is 321 g/mol. The molecule has 0 aliphatic carbocycles. The number of carbonyl (C=O) groups excluding carboxylic acids is 1. The quantitative estimate of drug-likeness (QED) is 0.865. The zero-order valence-corrected chi connectivity index (χ0v) is 14.7. The van der Waals surface area contributed by atoms with E-state index in [9.17, 15) is 4.79 Å². The van der Waals surface area contributed by atoms with Gasteiger partial charge in [-0.15, -0.1) is 0 Å². The van der Waals surface area contributed by atoms with Gasteiger partial charge in [-0.25, -0.2) is 4.79 Å². The first-order valence-electron chi connectivity index (χ1n) is 8.18. The van der Waals surface area contributed by atoms with E-state index in [0.717, 1.165) is 18.5 Å². The first-order chi connectivity index (χ1) is 10.6. The lowest BCUT2D eigenvalue weighted by atomic mass is 10.0. The van der Waals surface area contributed by atoms with E-state index in [1.54, 1.807) is 12.4 Å². The summed E-state index contributed by atoms with van der Waals surface area (Å²) in [5.74, 6) is 1.21. The van der Waals surface area contributed by atoms with Gasteiger partial charge in [-0.1, -0.05) is 6.92 Å². The average molecular weight is 321 g/mol. The number of carbonyl (C=O) groups is 1. The summed E-state index contributed by atoms with van der Waals surface area (Å²) in [5.41, 5.74) is 1.15. The van der Waals surface area contributed by atoms with E-state index in [1.807, 2.05) is 35.7 Å². The SMILES string of the molecule is CCC(c1ccncc1)N(CC)C(=O)NCC1(C)CCCS1. The molecule has 0 bridgehead atoms. The number of amides is 2. The van der Waals surface area contributed by atoms with Crippen molar-refractivity contribution in [1.82, 2.24) is 15.2 Å². The van der Waals surface area contributed by atoms with Gasteiger partial charge in [0.2, 0.25) is 0 Å². The maximum absolute atomic E-state index is 12.6. The van der Waals surface area contributed by atoms with E-state index in [4.69, 9.17) is 0 Å². The molecule has 122 valence electrons. The van der Waals surface area contributed by atoms with Gasteiger partial charge in [-0.3, -0.25) is 4.98 Å². The van der Waals surface area contributed by atoms with E-state index in [-0.39, 0.29) is 16.8 Å². The van der Waals surface area contributed by atoms with E-state index in [2.05, 4.69) is 24.1 Å². The summed E-state index contributed by atoms with van der Waals surface area (Å²) in [5, 5.41) is 3.15. The van der Waals surface area contributed by atoms with Crippen molar-refractivity contribution in [3.05, 3.63) is 30.1 Å². The average Bonchev–Trinajstić information content (AvgIpc) is 2.98. The van der Waals surface area contributed by atoms with Gasteiger partial charge in [0.05, 0.1) is 6.04 Å². The zero-order valence-electron chi connectivity index (χ0n) is 13.8. The smallest absolute Gasteiger partial charge is 0.317 e. The molecule has 1 aromatic heterocycles. The van der Waals surface area contributed by atoms with Crippen molar-refractivity contribution in [3.8, 4) is 0 Å². The Morgan fingerprint density at radius 2 is 2.18 bits per heavy atom. The highest BCUT2D eigenvalue weighted by Crippen LogP contribution is 2.37. The second-order valence-corrected chi connectivity index (χ2v) is 7.73. The molecule has 0 aromatic carbocycles. The largest absolute Gasteiger partial charge is 0.337 e. The van der Waals surface area contributed by atoms with Gasteiger partial charge in [0.1, 0.15) is 0 Å². The van der Waals surface area contributed by atoms with Crippen LogP contribution in [0.1, 0.15) is 51.6 Å². The molecule has 22 heavy (non-hydrogen) atoms. The first-order valence-corrected chi connectivity index (χ1v) is 9.16. The highest BCUT2D eigenvalue weighted by molar-refractivity contribution is 8.00. The van der Waals surface area contributed by atoms with E-state index >= 15 is 0 Å². The molecule has 2 rings (SSSR count). The number of nitrogens with zero attached hydrogens (tertiary/aromatic N) is 2. The first kappa shape index (κ1) is 17.1. The van der Waals surface area contributed by atoms with Crippen molar-refractivity contribution >= 4 is 17.8 Å². The summed E-state index contributed by atoms with van der Waals surface area (Å²) in [6.45, 7) is 7.86. The summed E-state index contributed by atoms with van der Waals surface area (Å²) in [4.78, 5) is 18.6. The number of nitrogens with one attached hydrogen (secondary N) is 1. The number of hydrogen-bond acceptors (Lipinski definition) is 3. The summed E-state index contributed by atoms with van der Waals surface area (Å²) in [6.07, 6.45) is 6.92. The van der Waals surface area contributed by atoms with Crippen LogP contribution in [0.4, 0.5) is 4.79 Å². The number of thioether (sulfide) groups is 1. The van der Waals surface area contributed by atoms with E-state index in [1.165, 1.54) is 18.6 Å².